The molecule has 104 valence electrons. The maximum atomic E-state index is 12.3. The SMILES string of the molecule is C[C@@H](NC(=O)C1(C)CC(C)(Br)C1)c1ccc(Br)cc1. The van der Waals surface area contributed by atoms with Crippen molar-refractivity contribution in [2.45, 2.75) is 44.0 Å². The second-order valence-corrected chi connectivity index (χ2v) is 8.90. The molecule has 19 heavy (non-hydrogen) atoms. The summed E-state index contributed by atoms with van der Waals surface area (Å²) in [6, 6.07) is 8.11. The third-order valence-corrected chi connectivity index (χ3v) is 4.87. The predicted molar refractivity (Wildman–Crippen MR) is 85.4 cm³/mol. The molecular formula is C15H19Br2NO. The minimum atomic E-state index is -0.234. The zero-order chi connectivity index (χ0) is 14.3. The molecule has 2 nitrogen and oxygen atoms in total. The Bertz CT molecular complexity index is 473. The van der Waals surface area contributed by atoms with Crippen LogP contribution in [0.1, 0.15) is 45.2 Å². The number of rotatable bonds is 3. The van der Waals surface area contributed by atoms with Crippen LogP contribution in [0.3, 0.4) is 0 Å². The molecule has 0 aliphatic heterocycles. The van der Waals surface area contributed by atoms with Crippen LogP contribution in [0.15, 0.2) is 28.7 Å². The van der Waals surface area contributed by atoms with Crippen molar-refractivity contribution in [1.29, 1.82) is 0 Å². The fourth-order valence-corrected chi connectivity index (χ4v) is 4.44. The molecule has 1 aromatic rings. The van der Waals surface area contributed by atoms with Crippen molar-refractivity contribution in [3.8, 4) is 0 Å². The summed E-state index contributed by atoms with van der Waals surface area (Å²) in [4.78, 5) is 12.3. The highest BCUT2D eigenvalue weighted by molar-refractivity contribution is 9.10. The number of halogens is 2. The number of nitrogens with one attached hydrogen (secondary N) is 1. The van der Waals surface area contributed by atoms with E-state index in [-0.39, 0.29) is 21.7 Å². The molecule has 4 heteroatoms. The summed E-state index contributed by atoms with van der Waals surface area (Å²) in [5.41, 5.74) is 0.892. The summed E-state index contributed by atoms with van der Waals surface area (Å²) in [6.45, 7) is 6.20. The van der Waals surface area contributed by atoms with E-state index in [1.54, 1.807) is 0 Å². The molecule has 0 spiro atoms. The van der Waals surface area contributed by atoms with Gasteiger partial charge in [-0.2, -0.15) is 0 Å². The fraction of sp³-hybridized carbons (Fsp3) is 0.533. The molecule has 0 heterocycles. The highest BCUT2D eigenvalue weighted by Crippen LogP contribution is 2.53. The molecule has 0 unspecified atom stereocenters. The van der Waals surface area contributed by atoms with Crippen molar-refractivity contribution in [2.24, 2.45) is 5.41 Å². The van der Waals surface area contributed by atoms with Crippen molar-refractivity contribution in [3.05, 3.63) is 34.3 Å². The quantitative estimate of drug-likeness (QED) is 0.754. The molecule has 1 atom stereocenters. The van der Waals surface area contributed by atoms with Crippen molar-refractivity contribution in [1.82, 2.24) is 5.32 Å². The second-order valence-electron chi connectivity index (χ2n) is 6.07. The van der Waals surface area contributed by atoms with Crippen molar-refractivity contribution in [3.63, 3.8) is 0 Å². The molecule has 1 amide bonds. The zero-order valence-electron chi connectivity index (χ0n) is 11.5. The van der Waals surface area contributed by atoms with Gasteiger partial charge in [0.15, 0.2) is 0 Å². The van der Waals surface area contributed by atoms with Gasteiger partial charge in [0.25, 0.3) is 0 Å². The van der Waals surface area contributed by atoms with Gasteiger partial charge in [0.05, 0.1) is 6.04 Å². The van der Waals surface area contributed by atoms with Gasteiger partial charge in [-0.1, -0.05) is 50.9 Å². The van der Waals surface area contributed by atoms with Crippen molar-refractivity contribution >= 4 is 37.8 Å². The van der Waals surface area contributed by atoms with Crippen LogP contribution >= 0.6 is 31.9 Å². The molecule has 1 saturated carbocycles. The molecule has 1 N–H and O–H groups in total. The molecule has 1 aliphatic carbocycles. The van der Waals surface area contributed by atoms with E-state index in [1.807, 2.05) is 38.1 Å². The Labute approximate surface area is 131 Å². The van der Waals surface area contributed by atoms with E-state index in [1.165, 1.54) is 0 Å². The normalized spacial score (nSPS) is 31.4. The number of hydrogen-bond donors (Lipinski definition) is 1. The number of alkyl halides is 1. The van der Waals surface area contributed by atoms with Gasteiger partial charge in [0.2, 0.25) is 5.91 Å². The minimum Gasteiger partial charge on any atom is -0.349 e. The van der Waals surface area contributed by atoms with E-state index in [2.05, 4.69) is 44.1 Å². The molecule has 0 aromatic heterocycles. The van der Waals surface area contributed by atoms with Gasteiger partial charge in [-0.15, -0.1) is 0 Å². The van der Waals surface area contributed by atoms with E-state index >= 15 is 0 Å². The Morgan fingerprint density at radius 3 is 2.26 bits per heavy atom. The average Bonchev–Trinajstić information content (AvgIpc) is 2.26. The van der Waals surface area contributed by atoms with Gasteiger partial charge in [0, 0.05) is 14.2 Å². The van der Waals surface area contributed by atoms with Crippen LogP contribution < -0.4 is 5.32 Å². The van der Waals surface area contributed by atoms with Gasteiger partial charge in [-0.3, -0.25) is 4.79 Å². The molecular weight excluding hydrogens is 370 g/mol. The van der Waals surface area contributed by atoms with Gasteiger partial charge < -0.3 is 5.32 Å². The molecule has 1 fully saturated rings. The Morgan fingerprint density at radius 1 is 1.26 bits per heavy atom. The number of amides is 1. The van der Waals surface area contributed by atoms with Crippen LogP contribution in [0.5, 0.6) is 0 Å². The zero-order valence-corrected chi connectivity index (χ0v) is 14.6. The molecule has 0 radical (unpaired) electrons. The smallest absolute Gasteiger partial charge is 0.226 e. The summed E-state index contributed by atoms with van der Waals surface area (Å²) >= 11 is 7.06. The maximum Gasteiger partial charge on any atom is 0.226 e. The lowest BCUT2D eigenvalue weighted by atomic mass is 9.63. The third kappa shape index (κ3) is 3.40. The summed E-state index contributed by atoms with van der Waals surface area (Å²) in [6.07, 6.45) is 1.78. The van der Waals surface area contributed by atoms with Gasteiger partial charge in [0.1, 0.15) is 0 Å². The van der Waals surface area contributed by atoms with Crippen LogP contribution in [0.25, 0.3) is 0 Å². The summed E-state index contributed by atoms with van der Waals surface area (Å²) in [5, 5.41) is 3.12. The van der Waals surface area contributed by atoms with E-state index < -0.39 is 0 Å². The van der Waals surface area contributed by atoms with E-state index in [9.17, 15) is 4.79 Å². The molecule has 1 aliphatic rings. The highest BCUT2D eigenvalue weighted by Gasteiger charge is 2.52. The molecule has 2 rings (SSSR count). The first-order chi connectivity index (χ1) is 8.72. The second kappa shape index (κ2) is 5.21. The van der Waals surface area contributed by atoms with Crippen LogP contribution in [0.2, 0.25) is 0 Å². The van der Waals surface area contributed by atoms with Crippen LogP contribution in [-0.4, -0.2) is 10.2 Å². The maximum absolute atomic E-state index is 12.3. The lowest BCUT2D eigenvalue weighted by molar-refractivity contribution is -0.136. The van der Waals surface area contributed by atoms with E-state index in [4.69, 9.17) is 0 Å². The number of carbonyl (C=O) groups is 1. The number of hydrogen-bond acceptors (Lipinski definition) is 1. The van der Waals surface area contributed by atoms with Crippen LogP contribution in [0.4, 0.5) is 0 Å². The third-order valence-electron chi connectivity index (χ3n) is 3.78. The van der Waals surface area contributed by atoms with Gasteiger partial charge in [-0.25, -0.2) is 0 Å². The fourth-order valence-electron chi connectivity index (χ4n) is 2.94. The minimum absolute atomic E-state index is 0.0413. The highest BCUT2D eigenvalue weighted by atomic mass is 79.9. The molecule has 0 bridgehead atoms. The number of benzene rings is 1. The summed E-state index contributed by atoms with van der Waals surface area (Å²) in [5.74, 6) is 0.153. The Kier molecular flexibility index (Phi) is 4.12. The lowest BCUT2D eigenvalue weighted by Gasteiger charge is -2.48. The number of carbonyl (C=O) groups excluding carboxylic acids is 1. The Morgan fingerprint density at radius 2 is 1.79 bits per heavy atom. The van der Waals surface area contributed by atoms with Crippen LogP contribution in [-0.2, 0) is 4.79 Å². The standard InChI is InChI=1S/C15H19Br2NO/c1-10(11-4-6-12(16)7-5-11)18-13(19)14(2)8-15(3,17)9-14/h4-7,10H,8-9H2,1-3H3,(H,18,19)/t10-,14?,15?/m1/s1. The first-order valence-corrected chi connectivity index (χ1v) is 8.06. The van der Waals surface area contributed by atoms with Crippen molar-refractivity contribution in [2.75, 3.05) is 0 Å². The Hall–Kier alpha value is -0.350. The lowest BCUT2D eigenvalue weighted by Crippen LogP contribution is -2.53. The van der Waals surface area contributed by atoms with Crippen LogP contribution in [0, 0.1) is 5.41 Å². The van der Waals surface area contributed by atoms with E-state index in [0.29, 0.717) is 0 Å². The van der Waals surface area contributed by atoms with E-state index in [0.717, 1.165) is 22.9 Å². The monoisotopic (exact) mass is 387 g/mol. The molecule has 0 saturated heterocycles. The van der Waals surface area contributed by atoms with Gasteiger partial charge >= 0.3 is 0 Å². The van der Waals surface area contributed by atoms with Gasteiger partial charge in [-0.05, 0) is 44.4 Å². The topological polar surface area (TPSA) is 29.1 Å². The first-order valence-electron chi connectivity index (χ1n) is 6.47. The predicted octanol–water partition coefficient (Wildman–Crippen LogP) is 4.58. The average molecular weight is 389 g/mol. The first kappa shape index (κ1) is 15.0. The molecule has 1 aromatic carbocycles. The largest absolute Gasteiger partial charge is 0.349 e. The summed E-state index contributed by atoms with van der Waals surface area (Å²) < 4.78 is 1.18. The van der Waals surface area contributed by atoms with Crippen molar-refractivity contribution < 1.29 is 4.79 Å². The summed E-state index contributed by atoms with van der Waals surface area (Å²) in [7, 11) is 0. The Balaban J connectivity index is 1.98.